The maximum atomic E-state index is 12.8. The van der Waals surface area contributed by atoms with Gasteiger partial charge in [0.05, 0.1) is 12.0 Å². The third-order valence-electron chi connectivity index (χ3n) is 7.17. The summed E-state index contributed by atoms with van der Waals surface area (Å²) in [5.41, 5.74) is 0.178. The number of fused-ring (bicyclic) bond motifs is 1. The first-order chi connectivity index (χ1) is 14.3. The van der Waals surface area contributed by atoms with Crippen LogP contribution in [0.15, 0.2) is 10.6 Å². The molecular weight excluding hydrogens is 402 g/mol. The minimum atomic E-state index is -1.02. The molecule has 4 aliphatic rings. The lowest BCUT2D eigenvalue weighted by molar-refractivity contribution is -0.160. The Morgan fingerprint density at radius 2 is 2.00 bits per heavy atom. The molecule has 7 nitrogen and oxygen atoms in total. The number of carbonyl (C=O) groups is 3. The molecule has 0 aromatic rings. The minimum absolute atomic E-state index is 0.00385. The number of Topliss-reactive ketones (excluding diaryl/α,β-unsaturated/α-hetero) is 1. The first-order valence-corrected chi connectivity index (χ1v) is 12.1. The molecule has 3 fully saturated rings. The Labute approximate surface area is 182 Å². The van der Waals surface area contributed by atoms with Crippen LogP contribution in [0.2, 0.25) is 0 Å². The molecule has 0 aliphatic carbocycles. The molecule has 30 heavy (non-hydrogen) atoms. The van der Waals surface area contributed by atoms with Crippen LogP contribution >= 0.6 is 11.8 Å². The first kappa shape index (κ1) is 21.8. The highest BCUT2D eigenvalue weighted by Gasteiger charge is 2.60. The zero-order valence-electron chi connectivity index (χ0n) is 18.1. The smallest absolute Gasteiger partial charge is 0.353 e. The van der Waals surface area contributed by atoms with Crippen LogP contribution in [0.5, 0.6) is 0 Å². The van der Waals surface area contributed by atoms with E-state index in [2.05, 4.69) is 10.2 Å². The predicted molar refractivity (Wildman–Crippen MR) is 116 cm³/mol. The number of rotatable bonds is 8. The van der Waals surface area contributed by atoms with Gasteiger partial charge in [-0.2, -0.15) is 0 Å². The van der Waals surface area contributed by atoms with E-state index < -0.39 is 5.97 Å². The largest absolute Gasteiger partial charge is 0.477 e. The van der Waals surface area contributed by atoms with Crippen LogP contribution in [0.25, 0.3) is 0 Å². The van der Waals surface area contributed by atoms with Crippen LogP contribution in [0.4, 0.5) is 0 Å². The summed E-state index contributed by atoms with van der Waals surface area (Å²) in [5, 5.41) is 13.8. The van der Waals surface area contributed by atoms with Crippen LogP contribution in [0, 0.1) is 17.8 Å². The van der Waals surface area contributed by atoms with Crippen molar-refractivity contribution < 1.29 is 19.5 Å². The molecule has 0 aromatic heterocycles. The van der Waals surface area contributed by atoms with Crippen molar-refractivity contribution >= 4 is 29.4 Å². The van der Waals surface area contributed by atoms with E-state index in [1.807, 2.05) is 13.8 Å². The lowest BCUT2D eigenvalue weighted by Gasteiger charge is -2.47. The zero-order chi connectivity index (χ0) is 21.6. The number of hydrogen-bond acceptors (Lipinski definition) is 6. The van der Waals surface area contributed by atoms with Gasteiger partial charge >= 0.3 is 5.97 Å². The number of β-lactam (4-membered cyclic amide) rings is 1. The van der Waals surface area contributed by atoms with E-state index in [1.54, 1.807) is 18.7 Å². The van der Waals surface area contributed by atoms with Crippen LogP contribution in [-0.4, -0.2) is 76.1 Å². The van der Waals surface area contributed by atoms with E-state index in [1.165, 1.54) is 30.8 Å². The molecule has 166 valence electrons. The number of carboxylic acids is 1. The summed E-state index contributed by atoms with van der Waals surface area (Å²) in [6, 6.07) is 0.323. The Balaban J connectivity index is 1.44. The van der Waals surface area contributed by atoms with Crippen LogP contribution in [0.1, 0.15) is 46.5 Å². The number of nitrogens with one attached hydrogen (secondary N) is 1. The highest BCUT2D eigenvalue weighted by atomic mass is 32.2. The Morgan fingerprint density at radius 1 is 1.30 bits per heavy atom. The molecule has 4 aliphatic heterocycles. The normalized spacial score (nSPS) is 35.0. The van der Waals surface area contributed by atoms with E-state index in [0.29, 0.717) is 17.7 Å². The molecule has 0 spiro atoms. The third kappa shape index (κ3) is 3.94. The van der Waals surface area contributed by atoms with Crippen molar-refractivity contribution in [3.05, 3.63) is 10.6 Å². The van der Waals surface area contributed by atoms with Gasteiger partial charge in [-0.05, 0) is 45.2 Å². The summed E-state index contributed by atoms with van der Waals surface area (Å²) in [7, 11) is 0. The number of likely N-dealkylation sites (tertiary alicyclic amines) is 1. The molecule has 0 radical (unpaired) electrons. The quantitative estimate of drug-likeness (QED) is 0.563. The Bertz CT molecular complexity index is 763. The van der Waals surface area contributed by atoms with E-state index in [0.717, 1.165) is 24.4 Å². The summed E-state index contributed by atoms with van der Waals surface area (Å²) in [4.78, 5) is 41.3. The maximum Gasteiger partial charge on any atom is 0.353 e. The summed E-state index contributed by atoms with van der Waals surface area (Å²) < 4.78 is 0. The van der Waals surface area contributed by atoms with Crippen molar-refractivity contribution in [2.75, 3.05) is 26.2 Å². The molecule has 2 N–H and O–H groups in total. The van der Waals surface area contributed by atoms with Crippen molar-refractivity contribution in [2.45, 2.75) is 63.8 Å². The van der Waals surface area contributed by atoms with Crippen molar-refractivity contribution in [3.8, 4) is 0 Å². The summed E-state index contributed by atoms with van der Waals surface area (Å²) in [6.07, 6.45) is 3.95. The van der Waals surface area contributed by atoms with Crippen LogP contribution < -0.4 is 5.32 Å². The number of ketones is 1. The molecule has 1 amide bonds. The third-order valence-corrected chi connectivity index (χ3v) is 8.68. The Kier molecular flexibility index (Phi) is 6.28. The van der Waals surface area contributed by atoms with E-state index in [4.69, 9.17) is 0 Å². The second kappa shape index (κ2) is 8.63. The molecule has 3 saturated heterocycles. The fraction of sp³-hybridized carbons (Fsp3) is 0.773. The minimum Gasteiger partial charge on any atom is -0.477 e. The second-order valence-electron chi connectivity index (χ2n) is 9.50. The standard InChI is InChI=1S/C22H33N3O4S/c1-12(8-13(2)26)17-18-14(3)20(19(22(28)29)25(18)21(17)27)30-16-9-15(23-10-16)11-24-6-4-5-7-24/h12,14-18,23H,4-11H2,1-3H3,(H,28,29)/t12-,14+,15?,16-,17+,18+/m0/s1. The second-order valence-corrected chi connectivity index (χ2v) is 10.8. The van der Waals surface area contributed by atoms with Gasteiger partial charge in [0.15, 0.2) is 0 Å². The van der Waals surface area contributed by atoms with Gasteiger partial charge < -0.3 is 25.0 Å². The van der Waals surface area contributed by atoms with Crippen LogP contribution in [0.3, 0.4) is 0 Å². The van der Waals surface area contributed by atoms with Crippen molar-refractivity contribution in [1.29, 1.82) is 0 Å². The van der Waals surface area contributed by atoms with E-state index in [9.17, 15) is 19.5 Å². The summed E-state index contributed by atoms with van der Waals surface area (Å²) in [5.74, 6) is -1.41. The lowest BCUT2D eigenvalue weighted by atomic mass is 9.73. The van der Waals surface area contributed by atoms with E-state index in [-0.39, 0.29) is 41.2 Å². The fourth-order valence-electron chi connectivity index (χ4n) is 5.81. The van der Waals surface area contributed by atoms with Gasteiger partial charge in [0.2, 0.25) is 5.91 Å². The topological polar surface area (TPSA) is 90.0 Å². The number of amides is 1. The molecule has 0 aromatic carbocycles. The van der Waals surface area contributed by atoms with Gasteiger partial charge in [-0.15, -0.1) is 11.8 Å². The monoisotopic (exact) mass is 435 g/mol. The van der Waals surface area contributed by atoms with Gasteiger partial charge in [-0.25, -0.2) is 4.79 Å². The number of aliphatic carboxylic acids is 1. The molecule has 1 unspecified atom stereocenters. The van der Waals surface area contributed by atoms with Gasteiger partial charge in [0, 0.05) is 41.6 Å². The molecule has 8 heteroatoms. The predicted octanol–water partition coefficient (Wildman–Crippen LogP) is 1.93. The Morgan fingerprint density at radius 3 is 2.63 bits per heavy atom. The molecule has 4 rings (SSSR count). The highest BCUT2D eigenvalue weighted by molar-refractivity contribution is 8.03. The molecular formula is C22H33N3O4S. The lowest BCUT2D eigenvalue weighted by Crippen LogP contribution is -2.62. The number of hydrogen-bond donors (Lipinski definition) is 2. The maximum absolute atomic E-state index is 12.8. The van der Waals surface area contributed by atoms with Crippen molar-refractivity contribution in [1.82, 2.24) is 15.1 Å². The van der Waals surface area contributed by atoms with Gasteiger partial charge in [-0.1, -0.05) is 13.8 Å². The van der Waals surface area contributed by atoms with Gasteiger partial charge in [-0.3, -0.25) is 4.79 Å². The molecule has 6 atom stereocenters. The van der Waals surface area contributed by atoms with Crippen molar-refractivity contribution in [3.63, 3.8) is 0 Å². The van der Waals surface area contributed by atoms with Gasteiger partial charge in [0.1, 0.15) is 11.5 Å². The zero-order valence-corrected chi connectivity index (χ0v) is 18.9. The SMILES string of the molecule is CC(=O)C[C@H](C)[C@H]1C(=O)N2C(C(=O)O)=C(S[C@@H]3CNC(CN4CCCC4)C3)[C@H](C)[C@H]12. The number of thioether (sulfide) groups is 1. The van der Waals surface area contributed by atoms with Gasteiger partial charge in [0.25, 0.3) is 0 Å². The number of carboxylic acid groups (broad SMARTS) is 1. The average Bonchev–Trinajstić information content (AvgIpc) is 3.37. The molecule has 0 saturated carbocycles. The summed E-state index contributed by atoms with van der Waals surface area (Å²) in [6.45, 7) is 9.82. The number of nitrogens with zero attached hydrogens (tertiary/aromatic N) is 2. The number of carbonyl (C=O) groups excluding carboxylic acids is 2. The molecule has 0 bridgehead atoms. The average molecular weight is 436 g/mol. The highest BCUT2D eigenvalue weighted by Crippen LogP contribution is 2.53. The van der Waals surface area contributed by atoms with Crippen LogP contribution in [-0.2, 0) is 14.4 Å². The fourth-order valence-corrected chi connectivity index (χ4v) is 7.33. The van der Waals surface area contributed by atoms with E-state index >= 15 is 0 Å². The molecule has 4 heterocycles. The summed E-state index contributed by atoms with van der Waals surface area (Å²) >= 11 is 1.66. The first-order valence-electron chi connectivity index (χ1n) is 11.2. The Hall–Kier alpha value is -1.38. The van der Waals surface area contributed by atoms with Crippen molar-refractivity contribution in [2.24, 2.45) is 17.8 Å².